The SMILES string of the molecule is Cc1c(I)cc(I)c(O)c1I. The molecular weight excluding hydrogens is 481 g/mol. The monoisotopic (exact) mass is 486 g/mol. The zero-order valence-corrected chi connectivity index (χ0v) is 12.1. The molecule has 1 aromatic carbocycles. The molecule has 0 amide bonds. The van der Waals surface area contributed by atoms with E-state index in [9.17, 15) is 5.11 Å². The zero-order chi connectivity index (χ0) is 8.59. The molecule has 0 saturated heterocycles. The molecule has 1 N–H and O–H groups in total. The van der Waals surface area contributed by atoms with E-state index in [2.05, 4.69) is 67.8 Å². The van der Waals surface area contributed by atoms with E-state index in [0.717, 1.165) is 12.7 Å². The number of aromatic hydroxyl groups is 1. The summed E-state index contributed by atoms with van der Waals surface area (Å²) in [5.74, 6) is 0.407. The van der Waals surface area contributed by atoms with E-state index in [-0.39, 0.29) is 0 Å². The molecule has 0 radical (unpaired) electrons. The summed E-state index contributed by atoms with van der Waals surface area (Å²) in [5.41, 5.74) is 1.16. The van der Waals surface area contributed by atoms with Crippen molar-refractivity contribution in [3.05, 3.63) is 22.3 Å². The van der Waals surface area contributed by atoms with Gasteiger partial charge in [0.1, 0.15) is 5.75 Å². The summed E-state index contributed by atoms with van der Waals surface area (Å²) in [4.78, 5) is 0. The molecule has 0 spiro atoms. The summed E-state index contributed by atoms with van der Waals surface area (Å²) >= 11 is 6.56. The highest BCUT2D eigenvalue weighted by Crippen LogP contribution is 2.31. The molecule has 0 aromatic heterocycles. The molecule has 0 aliphatic rings. The van der Waals surface area contributed by atoms with Gasteiger partial charge in [0.05, 0.1) is 7.14 Å². The minimum Gasteiger partial charge on any atom is -0.506 e. The predicted octanol–water partition coefficient (Wildman–Crippen LogP) is 3.51. The van der Waals surface area contributed by atoms with Crippen molar-refractivity contribution in [1.82, 2.24) is 0 Å². The first-order valence-electron chi connectivity index (χ1n) is 2.87. The second-order valence-corrected chi connectivity index (χ2v) is 5.53. The second kappa shape index (κ2) is 3.95. The molecule has 0 heterocycles. The average Bonchev–Trinajstić information content (AvgIpc) is 1.97. The Kier molecular flexibility index (Phi) is 3.69. The molecule has 0 aliphatic carbocycles. The molecule has 0 bridgehead atoms. The maximum Gasteiger partial charge on any atom is 0.142 e. The van der Waals surface area contributed by atoms with Gasteiger partial charge >= 0.3 is 0 Å². The first-order valence-corrected chi connectivity index (χ1v) is 6.10. The fourth-order valence-corrected chi connectivity index (χ4v) is 4.05. The smallest absolute Gasteiger partial charge is 0.142 e. The van der Waals surface area contributed by atoms with E-state index in [1.54, 1.807) is 0 Å². The van der Waals surface area contributed by atoms with Crippen LogP contribution < -0.4 is 0 Å². The maximum atomic E-state index is 9.49. The van der Waals surface area contributed by atoms with Crippen LogP contribution in [0.1, 0.15) is 5.56 Å². The lowest BCUT2D eigenvalue weighted by atomic mass is 10.2. The summed E-state index contributed by atoms with van der Waals surface area (Å²) in [7, 11) is 0. The summed E-state index contributed by atoms with van der Waals surface area (Å²) in [6, 6.07) is 1.98. The minimum absolute atomic E-state index is 0.407. The zero-order valence-electron chi connectivity index (χ0n) is 5.66. The van der Waals surface area contributed by atoms with Gasteiger partial charge in [-0.05, 0) is 86.3 Å². The third kappa shape index (κ3) is 2.11. The molecule has 11 heavy (non-hydrogen) atoms. The quantitative estimate of drug-likeness (QED) is 0.558. The lowest BCUT2D eigenvalue weighted by molar-refractivity contribution is 0.467. The largest absolute Gasteiger partial charge is 0.506 e. The van der Waals surface area contributed by atoms with Crippen molar-refractivity contribution in [3.63, 3.8) is 0 Å². The Labute approximate surface area is 106 Å². The normalized spacial score (nSPS) is 10.2. The first kappa shape index (κ1) is 10.3. The number of phenols is 1. The van der Waals surface area contributed by atoms with Crippen LogP contribution in [0.2, 0.25) is 0 Å². The first-order chi connectivity index (χ1) is 5.04. The van der Waals surface area contributed by atoms with E-state index in [1.807, 2.05) is 13.0 Å². The van der Waals surface area contributed by atoms with Crippen molar-refractivity contribution in [3.8, 4) is 5.75 Å². The van der Waals surface area contributed by atoms with Gasteiger partial charge in [-0.1, -0.05) is 0 Å². The number of hydrogen-bond acceptors (Lipinski definition) is 1. The Balaban J connectivity index is 3.46. The Hall–Kier alpha value is 1.21. The highest BCUT2D eigenvalue weighted by atomic mass is 127. The lowest BCUT2D eigenvalue weighted by Crippen LogP contribution is -1.88. The van der Waals surface area contributed by atoms with E-state index >= 15 is 0 Å². The lowest BCUT2D eigenvalue weighted by Gasteiger charge is -2.05. The summed E-state index contributed by atoms with van der Waals surface area (Å²) < 4.78 is 3.08. The van der Waals surface area contributed by atoms with Gasteiger partial charge in [0, 0.05) is 3.57 Å². The van der Waals surface area contributed by atoms with Gasteiger partial charge in [-0.3, -0.25) is 0 Å². The van der Waals surface area contributed by atoms with Crippen LogP contribution in [0.25, 0.3) is 0 Å². The Morgan fingerprint density at radius 1 is 1.18 bits per heavy atom. The standard InChI is InChI=1S/C7H5I3O/c1-3-4(8)2-5(9)7(11)6(3)10/h2,11H,1H3. The number of rotatable bonds is 0. The van der Waals surface area contributed by atoms with Crippen molar-refractivity contribution < 1.29 is 5.11 Å². The summed E-state index contributed by atoms with van der Waals surface area (Å²) in [6.45, 7) is 2.01. The predicted molar refractivity (Wildman–Crippen MR) is 71.0 cm³/mol. The molecule has 0 aliphatic heterocycles. The number of hydrogen-bond donors (Lipinski definition) is 1. The van der Waals surface area contributed by atoms with Crippen LogP contribution in [0.4, 0.5) is 0 Å². The van der Waals surface area contributed by atoms with Crippen molar-refractivity contribution in [1.29, 1.82) is 0 Å². The number of phenolic OH excluding ortho intramolecular Hbond substituents is 1. The van der Waals surface area contributed by atoms with Crippen LogP contribution in [0.5, 0.6) is 5.75 Å². The molecule has 1 aromatic rings. The molecule has 1 nitrogen and oxygen atoms in total. The van der Waals surface area contributed by atoms with Crippen LogP contribution in [-0.4, -0.2) is 5.11 Å². The average molecular weight is 486 g/mol. The van der Waals surface area contributed by atoms with E-state index in [4.69, 9.17) is 0 Å². The Morgan fingerprint density at radius 2 is 1.73 bits per heavy atom. The van der Waals surface area contributed by atoms with Gasteiger partial charge in [-0.25, -0.2) is 0 Å². The van der Waals surface area contributed by atoms with Crippen LogP contribution in [0, 0.1) is 17.6 Å². The molecule has 0 saturated carbocycles. The fourth-order valence-electron chi connectivity index (χ4n) is 0.675. The minimum atomic E-state index is 0.407. The molecule has 0 fully saturated rings. The van der Waals surface area contributed by atoms with Crippen LogP contribution >= 0.6 is 67.8 Å². The molecule has 0 unspecified atom stereocenters. The van der Waals surface area contributed by atoms with Crippen LogP contribution in [-0.2, 0) is 0 Å². The highest BCUT2D eigenvalue weighted by molar-refractivity contribution is 14.1. The van der Waals surface area contributed by atoms with Gasteiger partial charge in [0.25, 0.3) is 0 Å². The molecule has 0 atom stereocenters. The van der Waals surface area contributed by atoms with Gasteiger partial charge in [0.15, 0.2) is 0 Å². The number of benzene rings is 1. The molecule has 60 valence electrons. The highest BCUT2D eigenvalue weighted by Gasteiger charge is 2.08. The number of halogens is 3. The Bertz CT molecular complexity index is 270. The van der Waals surface area contributed by atoms with Gasteiger partial charge in [-0.15, -0.1) is 0 Å². The van der Waals surface area contributed by atoms with Crippen molar-refractivity contribution in [2.75, 3.05) is 0 Å². The van der Waals surface area contributed by atoms with E-state index in [1.165, 1.54) is 3.57 Å². The topological polar surface area (TPSA) is 20.2 Å². The van der Waals surface area contributed by atoms with Crippen molar-refractivity contribution in [2.45, 2.75) is 6.92 Å². The van der Waals surface area contributed by atoms with Gasteiger partial charge < -0.3 is 5.11 Å². The van der Waals surface area contributed by atoms with E-state index in [0.29, 0.717) is 5.75 Å². The summed E-state index contributed by atoms with van der Waals surface area (Å²) in [5, 5.41) is 9.49. The van der Waals surface area contributed by atoms with Gasteiger partial charge in [-0.2, -0.15) is 0 Å². The Morgan fingerprint density at radius 3 is 2.27 bits per heavy atom. The third-order valence-electron chi connectivity index (χ3n) is 1.38. The van der Waals surface area contributed by atoms with Crippen molar-refractivity contribution in [2.24, 2.45) is 0 Å². The van der Waals surface area contributed by atoms with Crippen LogP contribution in [0.3, 0.4) is 0 Å². The second-order valence-electron chi connectivity index (χ2n) is 2.13. The van der Waals surface area contributed by atoms with Gasteiger partial charge in [0.2, 0.25) is 0 Å². The van der Waals surface area contributed by atoms with Crippen molar-refractivity contribution >= 4 is 67.8 Å². The fraction of sp³-hybridized carbons (Fsp3) is 0.143. The third-order valence-corrected chi connectivity index (χ3v) is 4.64. The van der Waals surface area contributed by atoms with Crippen LogP contribution in [0.15, 0.2) is 6.07 Å². The van der Waals surface area contributed by atoms with E-state index < -0.39 is 0 Å². The maximum absolute atomic E-state index is 9.49. The molecule has 4 heteroatoms. The summed E-state index contributed by atoms with van der Waals surface area (Å²) in [6.07, 6.45) is 0. The molecule has 1 rings (SSSR count). The molecular formula is C7H5I3O.